The molecular formula is C12H15NO2. The molecule has 1 aliphatic carbocycles. The van der Waals surface area contributed by atoms with Gasteiger partial charge in [0.2, 0.25) is 0 Å². The van der Waals surface area contributed by atoms with E-state index in [-0.39, 0.29) is 11.9 Å². The molecule has 0 aromatic heterocycles. The summed E-state index contributed by atoms with van der Waals surface area (Å²) in [5.74, 6) is -0.0697. The highest BCUT2D eigenvalue weighted by Crippen LogP contribution is 2.25. The molecular weight excluding hydrogens is 190 g/mol. The van der Waals surface area contributed by atoms with Crippen LogP contribution in [0.1, 0.15) is 26.2 Å². The molecule has 0 aromatic carbocycles. The zero-order valence-electron chi connectivity index (χ0n) is 9.12. The Labute approximate surface area is 90.0 Å². The maximum absolute atomic E-state index is 11.3. The molecule has 0 radical (unpaired) electrons. The van der Waals surface area contributed by atoms with Crippen LogP contribution in [0.4, 0.5) is 0 Å². The fourth-order valence-corrected chi connectivity index (χ4v) is 1.62. The van der Waals surface area contributed by atoms with E-state index >= 15 is 0 Å². The number of ether oxygens (including phenoxy) is 1. The van der Waals surface area contributed by atoms with Crippen molar-refractivity contribution < 1.29 is 9.53 Å². The van der Waals surface area contributed by atoms with Crippen LogP contribution in [0.3, 0.4) is 0 Å². The van der Waals surface area contributed by atoms with Gasteiger partial charge < -0.3 is 4.74 Å². The predicted octanol–water partition coefficient (Wildman–Crippen LogP) is 2.36. The lowest BCUT2D eigenvalue weighted by molar-refractivity contribution is -0.136. The normalized spacial score (nSPS) is 17.1. The van der Waals surface area contributed by atoms with Gasteiger partial charge in [-0.3, -0.25) is 0 Å². The summed E-state index contributed by atoms with van der Waals surface area (Å²) in [6.45, 7) is 1.99. The largest absolute Gasteiger partial charge is 0.466 e. The van der Waals surface area contributed by atoms with Crippen LogP contribution < -0.4 is 0 Å². The second-order valence-corrected chi connectivity index (χ2v) is 3.67. The van der Waals surface area contributed by atoms with Crippen LogP contribution in [-0.2, 0) is 9.53 Å². The van der Waals surface area contributed by atoms with Crippen LogP contribution in [-0.4, -0.2) is 13.1 Å². The Morgan fingerprint density at radius 3 is 3.07 bits per heavy atom. The molecule has 0 aromatic rings. The number of nitriles is 1. The molecule has 3 nitrogen and oxygen atoms in total. The number of methoxy groups -OCH3 is 1. The molecule has 0 N–H and O–H groups in total. The topological polar surface area (TPSA) is 50.1 Å². The van der Waals surface area contributed by atoms with Crippen molar-refractivity contribution >= 4 is 5.97 Å². The molecule has 1 atom stereocenters. The van der Waals surface area contributed by atoms with Gasteiger partial charge in [-0.05, 0) is 30.4 Å². The summed E-state index contributed by atoms with van der Waals surface area (Å²) < 4.78 is 4.68. The summed E-state index contributed by atoms with van der Waals surface area (Å²) in [7, 11) is 1.39. The fraction of sp³-hybridized carbons (Fsp3) is 0.500. The van der Waals surface area contributed by atoms with Crippen molar-refractivity contribution in [2.45, 2.75) is 26.2 Å². The lowest BCUT2D eigenvalue weighted by atomic mass is 9.90. The third-order valence-electron chi connectivity index (χ3n) is 2.55. The Hall–Kier alpha value is -1.56. The van der Waals surface area contributed by atoms with Gasteiger partial charge in [0.1, 0.15) is 0 Å². The number of rotatable bonds is 3. The van der Waals surface area contributed by atoms with Crippen molar-refractivity contribution in [3.8, 4) is 6.07 Å². The highest BCUT2D eigenvalue weighted by Gasteiger charge is 2.16. The average molecular weight is 205 g/mol. The number of hydrogen-bond acceptors (Lipinski definition) is 3. The van der Waals surface area contributed by atoms with E-state index in [0.29, 0.717) is 12.0 Å². The smallest absolute Gasteiger partial charge is 0.333 e. The highest BCUT2D eigenvalue weighted by atomic mass is 16.5. The van der Waals surface area contributed by atoms with Crippen molar-refractivity contribution in [1.82, 2.24) is 0 Å². The molecule has 0 fully saturated rings. The summed E-state index contributed by atoms with van der Waals surface area (Å²) >= 11 is 0. The van der Waals surface area contributed by atoms with Crippen molar-refractivity contribution in [3.63, 3.8) is 0 Å². The number of allylic oxidation sites excluding steroid dienone is 3. The van der Waals surface area contributed by atoms with E-state index in [4.69, 9.17) is 5.26 Å². The summed E-state index contributed by atoms with van der Waals surface area (Å²) in [5.41, 5.74) is 1.78. The van der Waals surface area contributed by atoms with Crippen LogP contribution >= 0.6 is 0 Å². The third-order valence-corrected chi connectivity index (χ3v) is 2.55. The minimum Gasteiger partial charge on any atom is -0.466 e. The maximum Gasteiger partial charge on any atom is 0.333 e. The van der Waals surface area contributed by atoms with Gasteiger partial charge >= 0.3 is 5.97 Å². The Morgan fingerprint density at radius 2 is 2.47 bits per heavy atom. The Balaban J connectivity index is 2.77. The van der Waals surface area contributed by atoms with Gasteiger partial charge in [-0.15, -0.1) is 0 Å². The fourth-order valence-electron chi connectivity index (χ4n) is 1.62. The van der Waals surface area contributed by atoms with Crippen molar-refractivity contribution in [2.75, 3.05) is 7.11 Å². The van der Waals surface area contributed by atoms with Crippen LogP contribution in [0.15, 0.2) is 23.3 Å². The second kappa shape index (κ2) is 5.35. The van der Waals surface area contributed by atoms with E-state index in [1.54, 1.807) is 0 Å². The van der Waals surface area contributed by atoms with Gasteiger partial charge in [-0.2, -0.15) is 5.26 Å². The molecule has 0 spiro atoms. The van der Waals surface area contributed by atoms with E-state index in [1.807, 2.05) is 13.0 Å². The zero-order chi connectivity index (χ0) is 11.3. The second-order valence-electron chi connectivity index (χ2n) is 3.67. The number of carbonyl (C=O) groups is 1. The van der Waals surface area contributed by atoms with Crippen LogP contribution in [0.5, 0.6) is 0 Å². The molecule has 15 heavy (non-hydrogen) atoms. The minimum absolute atomic E-state index is 0.190. The van der Waals surface area contributed by atoms with E-state index in [0.717, 1.165) is 18.4 Å². The van der Waals surface area contributed by atoms with E-state index < -0.39 is 0 Å². The molecule has 0 saturated carbocycles. The van der Waals surface area contributed by atoms with Gasteiger partial charge in [0.25, 0.3) is 0 Å². The lowest BCUT2D eigenvalue weighted by Gasteiger charge is -2.15. The summed E-state index contributed by atoms with van der Waals surface area (Å²) in [4.78, 5) is 11.3. The maximum atomic E-state index is 11.3. The molecule has 0 aliphatic heterocycles. The third kappa shape index (κ3) is 2.95. The van der Waals surface area contributed by atoms with Crippen LogP contribution in [0.2, 0.25) is 0 Å². The van der Waals surface area contributed by atoms with Crippen LogP contribution in [0.25, 0.3) is 0 Å². The zero-order valence-corrected chi connectivity index (χ0v) is 9.12. The highest BCUT2D eigenvalue weighted by molar-refractivity contribution is 5.89. The van der Waals surface area contributed by atoms with Gasteiger partial charge in [0, 0.05) is 12.0 Å². The first-order valence-electron chi connectivity index (χ1n) is 5.05. The Kier molecular flexibility index (Phi) is 4.11. The molecule has 80 valence electrons. The predicted molar refractivity (Wildman–Crippen MR) is 56.8 cm³/mol. The Bertz CT molecular complexity index is 347. The first-order valence-corrected chi connectivity index (χ1v) is 5.05. The molecule has 1 aliphatic rings. The number of carbonyl (C=O) groups excluding carboxylic acids is 1. The summed E-state index contributed by atoms with van der Waals surface area (Å²) in [5, 5.41) is 8.60. The van der Waals surface area contributed by atoms with E-state index in [9.17, 15) is 4.79 Å². The van der Waals surface area contributed by atoms with Crippen molar-refractivity contribution in [3.05, 3.63) is 23.3 Å². The first kappa shape index (κ1) is 11.5. The van der Waals surface area contributed by atoms with Gasteiger partial charge in [0.15, 0.2) is 0 Å². The van der Waals surface area contributed by atoms with Gasteiger partial charge in [0.05, 0.1) is 13.2 Å². The van der Waals surface area contributed by atoms with E-state index in [1.165, 1.54) is 7.11 Å². The number of hydrogen-bond donors (Lipinski definition) is 0. The van der Waals surface area contributed by atoms with Crippen molar-refractivity contribution in [1.29, 1.82) is 5.26 Å². The molecule has 1 rings (SSSR count). The Morgan fingerprint density at radius 1 is 1.73 bits per heavy atom. The van der Waals surface area contributed by atoms with E-state index in [2.05, 4.69) is 16.9 Å². The van der Waals surface area contributed by atoms with Gasteiger partial charge in [-0.25, -0.2) is 4.79 Å². The summed E-state index contributed by atoms with van der Waals surface area (Å²) in [6, 6.07) is 2.14. The molecule has 1 unspecified atom stereocenters. The number of nitrogens with zero attached hydrogens (tertiary/aromatic N) is 1. The summed E-state index contributed by atoms with van der Waals surface area (Å²) in [6.07, 6.45) is 6.02. The molecule has 0 bridgehead atoms. The average Bonchev–Trinajstić information content (AvgIpc) is 2.28. The first-order chi connectivity index (χ1) is 7.19. The molecule has 0 saturated heterocycles. The minimum atomic E-state index is -0.259. The standard InChI is InChI=1S/C12H15NO2/c1-9(6-7-13)10-4-3-5-11(8-10)12(14)15-2/h4,8-9H,3,5-6H2,1-2H3. The number of esters is 1. The van der Waals surface area contributed by atoms with Crippen LogP contribution in [0, 0.1) is 17.2 Å². The molecule has 3 heteroatoms. The quantitative estimate of drug-likeness (QED) is 0.664. The lowest BCUT2D eigenvalue weighted by Crippen LogP contribution is -2.09. The monoisotopic (exact) mass is 205 g/mol. The van der Waals surface area contributed by atoms with Gasteiger partial charge in [-0.1, -0.05) is 13.0 Å². The van der Waals surface area contributed by atoms with Crippen molar-refractivity contribution in [2.24, 2.45) is 5.92 Å². The SMILES string of the molecule is COC(=O)C1=CC(C(C)CC#N)=CCC1. The molecule has 0 amide bonds. The molecule has 0 heterocycles.